The molecule has 0 radical (unpaired) electrons. The van der Waals surface area contributed by atoms with E-state index in [1.54, 1.807) is 0 Å². The van der Waals surface area contributed by atoms with Gasteiger partial charge < -0.3 is 10.2 Å². The number of hydrogen-bond donors (Lipinski definition) is 1. The lowest BCUT2D eigenvalue weighted by atomic mass is 10.1. The van der Waals surface area contributed by atoms with E-state index in [1.807, 2.05) is 13.1 Å². The molecule has 2 rings (SSSR count). The molecule has 1 aliphatic rings. The third-order valence-electron chi connectivity index (χ3n) is 3.18. The normalized spacial score (nSPS) is 19.0. The molecule has 0 unspecified atom stereocenters. The van der Waals surface area contributed by atoms with Crippen LogP contribution in [0.1, 0.15) is 19.4 Å². The Kier molecular flexibility index (Phi) is 4.46. The maximum absolute atomic E-state index is 6.10. The van der Waals surface area contributed by atoms with Gasteiger partial charge in [0.25, 0.3) is 0 Å². The van der Waals surface area contributed by atoms with Crippen LogP contribution in [0.3, 0.4) is 0 Å². The van der Waals surface area contributed by atoms with Crippen molar-refractivity contribution in [1.29, 1.82) is 0 Å². The van der Waals surface area contributed by atoms with E-state index in [9.17, 15) is 0 Å². The van der Waals surface area contributed by atoms with Crippen LogP contribution in [0.15, 0.2) is 18.2 Å². The van der Waals surface area contributed by atoms with E-state index < -0.39 is 0 Å². The van der Waals surface area contributed by atoms with Crippen molar-refractivity contribution in [2.45, 2.75) is 25.1 Å². The number of nitrogens with zero attached hydrogens (tertiary/aromatic N) is 1. The molecule has 0 saturated carbocycles. The summed E-state index contributed by atoms with van der Waals surface area (Å²) in [5.41, 5.74) is 2.61. The highest BCUT2D eigenvalue weighted by Gasteiger charge is 2.28. The Balaban J connectivity index is 2.26. The minimum atomic E-state index is 0.328. The fraction of sp³-hybridized carbons (Fsp3) is 0.571. The average molecular weight is 285 g/mol. The smallest absolute Gasteiger partial charge is 0.0413 e. The molecule has 1 fully saturated rings. The first-order valence-corrected chi connectivity index (χ1v) is 7.70. The number of nitrogens with one attached hydrogen (secondary N) is 1. The van der Waals surface area contributed by atoms with E-state index in [2.05, 4.69) is 48.0 Å². The molecule has 1 heterocycles. The van der Waals surface area contributed by atoms with Crippen LogP contribution in [0.4, 0.5) is 5.69 Å². The van der Waals surface area contributed by atoms with Crippen molar-refractivity contribution in [1.82, 2.24) is 5.32 Å². The number of rotatable bonds is 3. The zero-order valence-electron chi connectivity index (χ0n) is 11.3. The van der Waals surface area contributed by atoms with Crippen molar-refractivity contribution in [3.63, 3.8) is 0 Å². The van der Waals surface area contributed by atoms with Crippen LogP contribution >= 0.6 is 23.4 Å². The van der Waals surface area contributed by atoms with E-state index in [-0.39, 0.29) is 0 Å². The summed E-state index contributed by atoms with van der Waals surface area (Å²) in [5, 5.41) is 4.04. The summed E-state index contributed by atoms with van der Waals surface area (Å²) in [6.07, 6.45) is 0. The summed E-state index contributed by atoms with van der Waals surface area (Å²) in [4.78, 5) is 2.49. The second kappa shape index (κ2) is 5.72. The molecule has 1 aliphatic heterocycles. The highest BCUT2D eigenvalue weighted by molar-refractivity contribution is 8.00. The first-order chi connectivity index (χ1) is 8.52. The number of hydrogen-bond acceptors (Lipinski definition) is 3. The second-order valence-electron chi connectivity index (χ2n) is 5.33. The van der Waals surface area contributed by atoms with Gasteiger partial charge in [0.2, 0.25) is 0 Å². The summed E-state index contributed by atoms with van der Waals surface area (Å²) in [7, 11) is 1.97. The molecule has 0 amide bonds. The molecular weight excluding hydrogens is 264 g/mol. The molecule has 0 atom stereocenters. The Bertz CT molecular complexity index is 420. The number of thioether (sulfide) groups is 1. The van der Waals surface area contributed by atoms with Gasteiger partial charge in [-0.25, -0.2) is 0 Å². The summed E-state index contributed by atoms with van der Waals surface area (Å²) in [6, 6.07) is 6.22. The summed E-state index contributed by atoms with van der Waals surface area (Å²) >= 11 is 8.15. The van der Waals surface area contributed by atoms with Crippen molar-refractivity contribution < 1.29 is 0 Å². The van der Waals surface area contributed by atoms with Crippen LogP contribution in [0.2, 0.25) is 5.02 Å². The minimum Gasteiger partial charge on any atom is -0.369 e. The zero-order chi connectivity index (χ0) is 13.2. The van der Waals surface area contributed by atoms with E-state index in [0.29, 0.717) is 4.75 Å². The minimum absolute atomic E-state index is 0.328. The Labute approximate surface area is 119 Å². The molecule has 0 bridgehead atoms. The molecule has 18 heavy (non-hydrogen) atoms. The van der Waals surface area contributed by atoms with E-state index in [1.165, 1.54) is 17.0 Å². The fourth-order valence-corrected chi connectivity index (χ4v) is 3.72. The molecule has 1 N–H and O–H groups in total. The van der Waals surface area contributed by atoms with Gasteiger partial charge in [0.05, 0.1) is 0 Å². The lowest BCUT2D eigenvalue weighted by Crippen LogP contribution is -2.43. The van der Waals surface area contributed by atoms with Gasteiger partial charge in [0, 0.05) is 40.8 Å². The molecular formula is C14H21ClN2S. The zero-order valence-corrected chi connectivity index (χ0v) is 12.9. The third kappa shape index (κ3) is 3.34. The Hall–Kier alpha value is -0.380. The van der Waals surface area contributed by atoms with Crippen molar-refractivity contribution in [2.75, 3.05) is 30.8 Å². The van der Waals surface area contributed by atoms with Gasteiger partial charge in [-0.3, -0.25) is 0 Å². The van der Waals surface area contributed by atoms with E-state index in [0.717, 1.165) is 24.7 Å². The van der Waals surface area contributed by atoms with Crippen molar-refractivity contribution >= 4 is 29.1 Å². The van der Waals surface area contributed by atoms with Crippen LogP contribution in [0.5, 0.6) is 0 Å². The largest absolute Gasteiger partial charge is 0.369 e. The standard InChI is InChI=1S/C14H21ClN2S/c1-14(2)10-17(6-7-18-14)13-5-4-12(15)8-11(13)9-16-3/h4-5,8,16H,6-7,9-10H2,1-3H3. The predicted octanol–water partition coefficient (Wildman–Crippen LogP) is 3.39. The van der Waals surface area contributed by atoms with E-state index >= 15 is 0 Å². The van der Waals surface area contributed by atoms with Gasteiger partial charge in [-0.15, -0.1) is 0 Å². The van der Waals surface area contributed by atoms with Gasteiger partial charge in [-0.2, -0.15) is 11.8 Å². The average Bonchev–Trinajstić information content (AvgIpc) is 2.28. The molecule has 1 aromatic rings. The van der Waals surface area contributed by atoms with Gasteiger partial charge in [0.15, 0.2) is 0 Å². The van der Waals surface area contributed by atoms with E-state index in [4.69, 9.17) is 11.6 Å². The molecule has 1 saturated heterocycles. The van der Waals surface area contributed by atoms with Crippen LogP contribution in [0.25, 0.3) is 0 Å². The Morgan fingerprint density at radius 2 is 2.22 bits per heavy atom. The van der Waals surface area contributed by atoms with Crippen molar-refractivity contribution in [3.05, 3.63) is 28.8 Å². The SMILES string of the molecule is CNCc1cc(Cl)ccc1N1CCSC(C)(C)C1. The first-order valence-electron chi connectivity index (χ1n) is 6.34. The van der Waals surface area contributed by atoms with Gasteiger partial charge in [-0.1, -0.05) is 11.6 Å². The highest BCUT2D eigenvalue weighted by Crippen LogP contribution is 2.34. The third-order valence-corrected chi connectivity index (χ3v) is 4.71. The molecule has 4 heteroatoms. The number of anilines is 1. The van der Waals surface area contributed by atoms with Crippen molar-refractivity contribution in [3.8, 4) is 0 Å². The molecule has 0 spiro atoms. The van der Waals surface area contributed by atoms with Gasteiger partial charge >= 0.3 is 0 Å². The monoisotopic (exact) mass is 284 g/mol. The van der Waals surface area contributed by atoms with Crippen LogP contribution < -0.4 is 10.2 Å². The van der Waals surface area contributed by atoms with Crippen LogP contribution in [0, 0.1) is 0 Å². The summed E-state index contributed by atoms with van der Waals surface area (Å²) in [5.74, 6) is 1.19. The lowest BCUT2D eigenvalue weighted by molar-refractivity contribution is 0.644. The first kappa shape index (κ1) is 14.0. The van der Waals surface area contributed by atoms with Crippen LogP contribution in [-0.2, 0) is 6.54 Å². The fourth-order valence-electron chi connectivity index (χ4n) is 2.42. The number of benzene rings is 1. The molecule has 0 aliphatic carbocycles. The summed E-state index contributed by atoms with van der Waals surface area (Å²) in [6.45, 7) is 7.71. The number of halogens is 1. The molecule has 100 valence electrons. The molecule has 0 aromatic heterocycles. The van der Waals surface area contributed by atoms with Gasteiger partial charge in [-0.05, 0) is 44.7 Å². The Morgan fingerprint density at radius 3 is 2.89 bits per heavy atom. The maximum atomic E-state index is 6.10. The summed E-state index contributed by atoms with van der Waals surface area (Å²) < 4.78 is 0.328. The predicted molar refractivity (Wildman–Crippen MR) is 83.0 cm³/mol. The van der Waals surface area contributed by atoms with Gasteiger partial charge in [0.1, 0.15) is 0 Å². The topological polar surface area (TPSA) is 15.3 Å². The lowest BCUT2D eigenvalue weighted by Gasteiger charge is -2.39. The molecule has 2 nitrogen and oxygen atoms in total. The van der Waals surface area contributed by atoms with Crippen LogP contribution in [-0.4, -0.2) is 30.6 Å². The quantitative estimate of drug-likeness (QED) is 0.916. The van der Waals surface area contributed by atoms with Crippen molar-refractivity contribution in [2.24, 2.45) is 0 Å². The highest BCUT2D eigenvalue weighted by atomic mass is 35.5. The molecule has 1 aromatic carbocycles. The second-order valence-corrected chi connectivity index (χ2v) is 7.57. The Morgan fingerprint density at radius 1 is 1.44 bits per heavy atom. The maximum Gasteiger partial charge on any atom is 0.0413 e.